The molecule has 8 heteroatoms. The Balaban J connectivity index is 1.38. The molecule has 188 valence electrons. The van der Waals surface area contributed by atoms with Gasteiger partial charge in [-0.2, -0.15) is 0 Å². The van der Waals surface area contributed by atoms with Gasteiger partial charge in [-0.05, 0) is 73.7 Å². The van der Waals surface area contributed by atoms with E-state index in [2.05, 4.69) is 16.8 Å². The average Bonchev–Trinajstić information content (AvgIpc) is 2.86. The van der Waals surface area contributed by atoms with Gasteiger partial charge in [0, 0.05) is 35.8 Å². The van der Waals surface area contributed by atoms with Crippen LogP contribution in [0.25, 0.3) is 10.9 Å². The zero-order valence-corrected chi connectivity index (χ0v) is 20.1. The number of nitrogens with zero attached hydrogens (tertiary/aromatic N) is 2. The minimum Gasteiger partial charge on any atom is -0.497 e. The van der Waals surface area contributed by atoms with Crippen molar-refractivity contribution in [2.45, 2.75) is 25.3 Å². The molecule has 3 N–H and O–H groups in total. The lowest BCUT2D eigenvalue weighted by Gasteiger charge is -2.36. The van der Waals surface area contributed by atoms with E-state index in [-0.39, 0.29) is 17.5 Å². The van der Waals surface area contributed by atoms with Crippen LogP contribution in [0.3, 0.4) is 0 Å². The first-order valence-corrected chi connectivity index (χ1v) is 11.9. The fourth-order valence-electron chi connectivity index (χ4n) is 4.86. The van der Waals surface area contributed by atoms with Crippen LogP contribution in [-0.2, 0) is 4.79 Å². The van der Waals surface area contributed by atoms with E-state index >= 15 is 0 Å². The van der Waals surface area contributed by atoms with Crippen molar-refractivity contribution in [3.05, 3.63) is 71.4 Å². The van der Waals surface area contributed by atoms with Gasteiger partial charge in [0.25, 0.3) is 0 Å². The Morgan fingerprint density at radius 1 is 1.25 bits per heavy atom. The Hall–Kier alpha value is -3.54. The van der Waals surface area contributed by atoms with E-state index in [4.69, 9.17) is 10.5 Å². The molecule has 2 heterocycles. The quantitative estimate of drug-likeness (QED) is 0.475. The van der Waals surface area contributed by atoms with Crippen molar-refractivity contribution < 1.29 is 23.4 Å². The number of ether oxygens (including phenoxy) is 1. The van der Waals surface area contributed by atoms with Crippen molar-refractivity contribution in [3.63, 3.8) is 0 Å². The van der Waals surface area contributed by atoms with Gasteiger partial charge >= 0.3 is 5.97 Å². The largest absolute Gasteiger partial charge is 0.497 e. The van der Waals surface area contributed by atoms with E-state index in [1.165, 1.54) is 12.1 Å². The lowest BCUT2D eigenvalue weighted by atomic mass is 9.81. The van der Waals surface area contributed by atoms with Gasteiger partial charge in [0.05, 0.1) is 25.1 Å². The Bertz CT molecular complexity index is 1280. The number of carboxylic acid groups (broad SMARTS) is 1. The predicted molar refractivity (Wildman–Crippen MR) is 133 cm³/mol. The van der Waals surface area contributed by atoms with Crippen LogP contribution in [0.15, 0.2) is 48.7 Å². The fourth-order valence-corrected chi connectivity index (χ4v) is 4.86. The maximum Gasteiger partial charge on any atom is 0.308 e. The summed E-state index contributed by atoms with van der Waals surface area (Å²) < 4.78 is 32.0. The van der Waals surface area contributed by atoms with Gasteiger partial charge in [0.1, 0.15) is 17.4 Å². The minimum absolute atomic E-state index is 0.00212. The molecule has 0 radical (unpaired) electrons. The lowest BCUT2D eigenvalue weighted by molar-refractivity contribution is -0.146. The third-order valence-corrected chi connectivity index (χ3v) is 6.79. The smallest absolute Gasteiger partial charge is 0.308 e. The molecule has 1 aliphatic heterocycles. The number of pyridine rings is 1. The molecule has 0 spiro atoms. The zero-order valence-electron chi connectivity index (χ0n) is 20.1. The summed E-state index contributed by atoms with van der Waals surface area (Å²) in [6, 6.07) is 10.5. The summed E-state index contributed by atoms with van der Waals surface area (Å²) >= 11 is 0. The molecule has 0 aliphatic carbocycles. The molecule has 0 saturated carbocycles. The third-order valence-electron chi connectivity index (χ3n) is 6.79. The molecular formula is C28H29F2N3O3. The van der Waals surface area contributed by atoms with Crippen LogP contribution >= 0.6 is 0 Å². The lowest BCUT2D eigenvalue weighted by Crippen LogP contribution is -2.44. The maximum atomic E-state index is 13.3. The first-order chi connectivity index (χ1) is 17.3. The number of halogens is 2. The number of carbonyl (C=O) groups is 1. The third kappa shape index (κ3) is 6.17. The first kappa shape index (κ1) is 25.5. The number of fused-ring (bicyclic) bond motifs is 1. The highest BCUT2D eigenvalue weighted by molar-refractivity contribution is 5.84. The Labute approximate surface area is 209 Å². The molecule has 1 saturated heterocycles. The number of nitrogens with two attached hydrogens (primary N) is 1. The molecule has 1 aromatic heterocycles. The van der Waals surface area contributed by atoms with Crippen molar-refractivity contribution in [2.75, 3.05) is 26.7 Å². The molecular weight excluding hydrogens is 464 g/mol. The summed E-state index contributed by atoms with van der Waals surface area (Å²) in [6.07, 6.45) is 3.79. The van der Waals surface area contributed by atoms with Crippen LogP contribution in [0, 0.1) is 35.3 Å². The number of methoxy groups -OCH3 is 1. The molecule has 6 nitrogen and oxygen atoms in total. The van der Waals surface area contributed by atoms with Crippen LogP contribution < -0.4 is 10.5 Å². The van der Waals surface area contributed by atoms with E-state index in [9.17, 15) is 18.7 Å². The summed E-state index contributed by atoms with van der Waals surface area (Å²) in [7, 11) is 1.61. The highest BCUT2D eigenvalue weighted by Crippen LogP contribution is 2.32. The Morgan fingerprint density at radius 2 is 2.03 bits per heavy atom. The summed E-state index contributed by atoms with van der Waals surface area (Å²) in [6.45, 7) is 1.40. The number of hydrogen-bond donors (Lipinski definition) is 2. The van der Waals surface area contributed by atoms with Gasteiger partial charge in [-0.25, -0.2) is 8.78 Å². The monoisotopic (exact) mass is 493 g/mol. The molecule has 3 atom stereocenters. The summed E-state index contributed by atoms with van der Waals surface area (Å²) in [5, 5.41) is 10.8. The zero-order chi connectivity index (χ0) is 25.7. The number of likely N-dealkylation sites (tertiary alicyclic amines) is 1. The predicted octanol–water partition coefficient (Wildman–Crippen LogP) is 4.38. The average molecular weight is 494 g/mol. The number of carboxylic acids is 1. The standard InChI is InChI=1S/C28H29F2N3O3/c1-36-22-5-7-27-24(16-22)23(8-10-32-27)26(31)6-4-19-9-12-33(17-25(19)28(34)35)11-2-3-18-13-20(29)15-21(30)14-18/h5,7-8,10,13-16,19,25-26H,4,6,9,11-12,17,31H2,1H3,(H,34,35)/t19-,25+,26-/m1/s1. The molecule has 1 aliphatic rings. The molecule has 0 bridgehead atoms. The molecule has 0 amide bonds. The maximum absolute atomic E-state index is 13.3. The van der Waals surface area contributed by atoms with Crippen molar-refractivity contribution >= 4 is 16.9 Å². The van der Waals surface area contributed by atoms with Gasteiger partial charge in [-0.1, -0.05) is 11.8 Å². The second-order valence-corrected chi connectivity index (χ2v) is 9.16. The first-order valence-electron chi connectivity index (χ1n) is 11.9. The van der Waals surface area contributed by atoms with Crippen molar-refractivity contribution in [3.8, 4) is 17.6 Å². The highest BCUT2D eigenvalue weighted by atomic mass is 19.1. The number of hydrogen-bond acceptors (Lipinski definition) is 5. The van der Waals surface area contributed by atoms with E-state index in [1.54, 1.807) is 13.3 Å². The summed E-state index contributed by atoms with van der Waals surface area (Å²) in [4.78, 5) is 18.4. The van der Waals surface area contributed by atoms with E-state index < -0.39 is 23.5 Å². The van der Waals surface area contributed by atoms with E-state index in [0.29, 0.717) is 38.9 Å². The van der Waals surface area contributed by atoms with Crippen LogP contribution in [0.5, 0.6) is 5.75 Å². The Kier molecular flexibility index (Phi) is 8.14. The van der Waals surface area contributed by atoms with Crippen LogP contribution in [0.2, 0.25) is 0 Å². The SMILES string of the molecule is COc1ccc2nccc([C@H](N)CC[C@@H]3CCN(CC#Cc4cc(F)cc(F)c4)C[C@@H]3C(=O)O)c2c1. The van der Waals surface area contributed by atoms with Crippen molar-refractivity contribution in [1.29, 1.82) is 0 Å². The van der Waals surface area contributed by atoms with Crippen LogP contribution in [0.4, 0.5) is 8.78 Å². The van der Waals surface area contributed by atoms with Gasteiger partial charge < -0.3 is 15.6 Å². The minimum atomic E-state index is -0.836. The van der Waals surface area contributed by atoms with Gasteiger partial charge in [-0.3, -0.25) is 14.7 Å². The molecule has 1 fully saturated rings. The number of aromatic nitrogens is 1. The van der Waals surface area contributed by atoms with Crippen molar-refractivity contribution in [1.82, 2.24) is 9.88 Å². The molecule has 36 heavy (non-hydrogen) atoms. The molecule has 0 unspecified atom stereocenters. The molecule has 3 aromatic rings. The summed E-state index contributed by atoms with van der Waals surface area (Å²) in [5.74, 6) is 3.67. The normalized spacial score (nSPS) is 18.9. The van der Waals surface area contributed by atoms with E-state index in [1.807, 2.05) is 29.2 Å². The van der Waals surface area contributed by atoms with Gasteiger partial charge in [-0.15, -0.1) is 0 Å². The number of aliphatic carboxylic acids is 1. The van der Waals surface area contributed by atoms with Crippen LogP contribution in [0.1, 0.15) is 36.4 Å². The highest BCUT2D eigenvalue weighted by Gasteiger charge is 2.34. The van der Waals surface area contributed by atoms with Crippen LogP contribution in [-0.4, -0.2) is 47.7 Å². The van der Waals surface area contributed by atoms with Gasteiger partial charge in [0.15, 0.2) is 0 Å². The van der Waals surface area contributed by atoms with Gasteiger partial charge in [0.2, 0.25) is 0 Å². The topological polar surface area (TPSA) is 88.7 Å². The second-order valence-electron chi connectivity index (χ2n) is 9.16. The number of piperidine rings is 1. The summed E-state index contributed by atoms with van der Waals surface area (Å²) in [5.41, 5.74) is 8.62. The number of benzene rings is 2. The fraction of sp³-hybridized carbons (Fsp3) is 0.357. The molecule has 2 aromatic carbocycles. The second kappa shape index (κ2) is 11.5. The van der Waals surface area contributed by atoms with Crippen molar-refractivity contribution in [2.24, 2.45) is 17.6 Å². The van der Waals surface area contributed by atoms with E-state index in [0.717, 1.165) is 28.3 Å². The Morgan fingerprint density at radius 3 is 2.75 bits per heavy atom. The molecule has 4 rings (SSSR count). The number of rotatable bonds is 7.